The van der Waals surface area contributed by atoms with Crippen molar-refractivity contribution in [2.45, 2.75) is 166 Å². The number of carbonyl (C=O) groups is 3. The van der Waals surface area contributed by atoms with Crippen molar-refractivity contribution in [3.8, 4) is 0 Å². The zero-order chi connectivity index (χ0) is 54.2. The Morgan fingerprint density at radius 2 is 1.48 bits per heavy atom. The molecular weight excluding hydrogens is 1010 g/mol. The smallest absolute Gasteiger partial charge is 0.462 e. The van der Waals surface area contributed by atoms with E-state index in [9.17, 15) is 29.6 Å². The zero-order valence-electron chi connectivity index (χ0n) is 43.6. The molecule has 21 nitrogen and oxygen atoms in total. The van der Waals surface area contributed by atoms with Gasteiger partial charge < -0.3 is 52.7 Å². The Balaban J connectivity index is 1.42. The molecule has 6 rings (SSSR count). The number of nitrogens with one attached hydrogen (secondary N) is 1. The molecule has 11 atom stereocenters. The van der Waals surface area contributed by atoms with Crippen LogP contribution in [-0.2, 0) is 96.5 Å². The third kappa shape index (κ3) is 16.7. The summed E-state index contributed by atoms with van der Waals surface area (Å²) in [7, 11) is -7.31. The molecule has 0 radical (unpaired) electrons. The van der Waals surface area contributed by atoms with E-state index in [0.29, 0.717) is 11.1 Å². The largest absolute Gasteiger partial charge is 0.509 e. The number of fused-ring (bicyclic) bond motifs is 1. The first-order valence-corrected chi connectivity index (χ1v) is 29.4. The Morgan fingerprint density at radius 1 is 0.880 bits per heavy atom. The van der Waals surface area contributed by atoms with Gasteiger partial charge >= 0.3 is 19.9 Å². The van der Waals surface area contributed by atoms with Crippen LogP contribution in [0.3, 0.4) is 0 Å². The van der Waals surface area contributed by atoms with Crippen molar-refractivity contribution in [1.29, 1.82) is 0 Å². The topological polar surface area (TPSA) is 260 Å². The van der Waals surface area contributed by atoms with Crippen LogP contribution in [0, 0.1) is 0 Å². The maximum atomic E-state index is 14.8. The summed E-state index contributed by atoms with van der Waals surface area (Å²) < 4.78 is 89.2. The van der Waals surface area contributed by atoms with Crippen LogP contribution in [-0.4, -0.2) is 119 Å². The average molecular weight is 1080 g/mol. The summed E-state index contributed by atoms with van der Waals surface area (Å²) in [4.78, 5) is 43.5. The molecule has 0 aromatic heterocycles. The number of phosphoric ester groups is 1. The van der Waals surface area contributed by atoms with E-state index in [1.54, 1.807) is 38.1 Å². The number of phosphoric acid groups is 1. The molecule has 3 heterocycles. The first-order chi connectivity index (χ1) is 35.9. The third-order valence-electron chi connectivity index (χ3n) is 13.3. The van der Waals surface area contributed by atoms with Gasteiger partial charge in [-0.15, -0.1) is 0 Å². The van der Waals surface area contributed by atoms with E-state index in [2.05, 4.69) is 21.9 Å². The fourth-order valence-electron chi connectivity index (χ4n) is 8.06. The molecule has 1 amide bonds. The second-order valence-electron chi connectivity index (χ2n) is 19.7. The second kappa shape index (κ2) is 27.8. The van der Waals surface area contributed by atoms with Crippen LogP contribution in [0.15, 0.2) is 103 Å². The molecule has 2 fully saturated rings. The maximum Gasteiger partial charge on any atom is 0.509 e. The number of carbonyl (C=O) groups excluding carboxylic acids is 3. The standard InChI is InChI=1S/C52H71N4O17PSi/c1-9-26-63-51(60)71-48-44(54-41(57)27-38(10-2)68-42(58)11-3)49(69-39(32-62-28-34-20-14-12-15-21-34)47(48)72-74(61)66-30-36-24-18-19-25-37(36)31-67-74)65-33-40-46(64-29-35-22-16-13-17-23-35)45(59)43(55-56-53)50(70-40)73-75(7,8)52(4,5)6/h9,12-25,38-40,43-50,59H,1,10-11,26-33H2,2-8H3,(H,54,57)/t38-,39?,40?,43?,44?,45-,46-,47-,48-,49-,50-/m1/s1. The number of hydrogen-bond acceptors (Lipinski definition) is 18. The first kappa shape index (κ1) is 59.2. The summed E-state index contributed by atoms with van der Waals surface area (Å²) in [5.41, 5.74) is 12.7. The second-order valence-corrected chi connectivity index (χ2v) is 26.1. The highest BCUT2D eigenvalue weighted by Crippen LogP contribution is 2.55. The number of benzene rings is 3. The Bertz CT molecular complexity index is 2400. The molecule has 0 spiro atoms. The van der Waals surface area contributed by atoms with Gasteiger partial charge in [0.2, 0.25) is 5.91 Å². The van der Waals surface area contributed by atoms with Gasteiger partial charge in [0, 0.05) is 11.3 Å². The van der Waals surface area contributed by atoms with Gasteiger partial charge in [0.1, 0.15) is 49.2 Å². The lowest BCUT2D eigenvalue weighted by Crippen LogP contribution is -2.67. The molecule has 4 unspecified atom stereocenters. The normalized spacial score (nSPS) is 26.0. The van der Waals surface area contributed by atoms with Gasteiger partial charge in [0.25, 0.3) is 0 Å². The lowest BCUT2D eigenvalue weighted by Gasteiger charge is -2.48. The monoisotopic (exact) mass is 1080 g/mol. The lowest BCUT2D eigenvalue weighted by molar-refractivity contribution is -0.299. The van der Waals surface area contributed by atoms with E-state index in [1.807, 2.05) is 94.5 Å². The SMILES string of the molecule is C=CCOC(=O)O[C@@H]1C(NC(=O)C[C@@H](CC)OC(=O)CC)[C@H](OCC2O[C@H](O[Si](C)(C)C(C)(C)C)C(N=[N+]=[N-])[C@@H](O)[C@@H]2OCc2ccccc2)OC(COCc2ccccc2)[C@H]1OP1(=O)OCc2ccccc2CO1. The molecule has 3 aromatic carbocycles. The molecule has 75 heavy (non-hydrogen) atoms. The number of rotatable bonds is 24. The molecule has 0 saturated carbocycles. The summed E-state index contributed by atoms with van der Waals surface area (Å²) in [6, 6.07) is 22.8. The van der Waals surface area contributed by atoms with Crippen molar-refractivity contribution in [1.82, 2.24) is 5.32 Å². The van der Waals surface area contributed by atoms with Crippen LogP contribution in [0.25, 0.3) is 10.4 Å². The highest BCUT2D eigenvalue weighted by atomic mass is 31.2. The predicted molar refractivity (Wildman–Crippen MR) is 274 cm³/mol. The molecular formula is C52H71N4O17PSi. The van der Waals surface area contributed by atoms with Crippen molar-refractivity contribution >= 4 is 34.2 Å². The molecule has 2 saturated heterocycles. The number of amides is 1. The van der Waals surface area contributed by atoms with Crippen molar-refractivity contribution in [2.75, 3.05) is 19.8 Å². The number of ether oxygens (including phenoxy) is 8. The van der Waals surface area contributed by atoms with Crippen LogP contribution in [0.4, 0.5) is 4.79 Å². The number of aliphatic hydroxyl groups excluding tert-OH is 1. The Hall–Kier alpha value is -5.03. The minimum atomic E-state index is -4.60. The van der Waals surface area contributed by atoms with Crippen LogP contribution < -0.4 is 5.32 Å². The van der Waals surface area contributed by atoms with Crippen molar-refractivity contribution in [3.63, 3.8) is 0 Å². The van der Waals surface area contributed by atoms with Crippen LogP contribution in [0.1, 0.15) is 76.1 Å². The highest BCUT2D eigenvalue weighted by molar-refractivity contribution is 7.48. The predicted octanol–water partition coefficient (Wildman–Crippen LogP) is 8.87. The van der Waals surface area contributed by atoms with Gasteiger partial charge in [-0.25, -0.2) is 9.36 Å². The molecule has 3 aromatic rings. The highest BCUT2D eigenvalue weighted by Gasteiger charge is 2.55. The van der Waals surface area contributed by atoms with Gasteiger partial charge in [0.05, 0.1) is 52.2 Å². The van der Waals surface area contributed by atoms with Crippen LogP contribution in [0.5, 0.6) is 0 Å². The van der Waals surface area contributed by atoms with E-state index in [4.69, 9.17) is 55.9 Å². The average Bonchev–Trinajstić information content (AvgIpc) is 3.55. The molecule has 3 aliphatic rings. The van der Waals surface area contributed by atoms with E-state index < -0.39 is 108 Å². The van der Waals surface area contributed by atoms with Crippen LogP contribution >= 0.6 is 7.82 Å². The third-order valence-corrected chi connectivity index (χ3v) is 19.1. The van der Waals surface area contributed by atoms with Gasteiger partial charge in [-0.2, -0.15) is 0 Å². The lowest BCUT2D eigenvalue weighted by atomic mass is 9.95. The number of azide groups is 1. The minimum Gasteiger partial charge on any atom is -0.462 e. The van der Waals surface area contributed by atoms with E-state index in [-0.39, 0.29) is 63.9 Å². The summed E-state index contributed by atoms with van der Waals surface area (Å²) >= 11 is 0. The van der Waals surface area contributed by atoms with Gasteiger partial charge in [-0.1, -0.05) is 137 Å². The quantitative estimate of drug-likeness (QED) is 0.0161. The number of hydrogen-bond donors (Lipinski definition) is 2. The summed E-state index contributed by atoms with van der Waals surface area (Å²) in [6.45, 7) is 15.7. The number of aliphatic hydroxyl groups is 1. The summed E-state index contributed by atoms with van der Waals surface area (Å²) in [6.07, 6.45) is -12.3. The number of esters is 1. The molecule has 0 bridgehead atoms. The van der Waals surface area contributed by atoms with Crippen molar-refractivity contribution in [2.24, 2.45) is 5.11 Å². The van der Waals surface area contributed by atoms with E-state index in [1.165, 1.54) is 6.08 Å². The van der Waals surface area contributed by atoms with Gasteiger partial charge in [-0.05, 0) is 52.3 Å². The summed E-state index contributed by atoms with van der Waals surface area (Å²) in [5, 5.41) is 18.6. The maximum absolute atomic E-state index is 14.8. The van der Waals surface area contributed by atoms with Crippen LogP contribution in [0.2, 0.25) is 18.1 Å². The van der Waals surface area contributed by atoms with E-state index >= 15 is 0 Å². The Labute approximate surface area is 439 Å². The molecule has 0 aliphatic carbocycles. The molecule has 410 valence electrons. The zero-order valence-corrected chi connectivity index (χ0v) is 45.5. The molecule has 3 aliphatic heterocycles. The first-order valence-electron chi connectivity index (χ1n) is 25.0. The molecule has 23 heteroatoms. The fourth-order valence-corrected chi connectivity index (χ4v) is 10.5. The Kier molecular flexibility index (Phi) is 22.0. The number of nitrogens with zero attached hydrogens (tertiary/aromatic N) is 3. The van der Waals surface area contributed by atoms with Crippen molar-refractivity contribution in [3.05, 3.63) is 130 Å². The minimum absolute atomic E-state index is 0.00313. The fraction of sp³-hybridized carbons (Fsp3) is 0.558. The van der Waals surface area contributed by atoms with Crippen molar-refractivity contribution < 1.29 is 79.9 Å². The summed E-state index contributed by atoms with van der Waals surface area (Å²) in [5.74, 6) is -1.22. The Morgan fingerprint density at radius 3 is 2.07 bits per heavy atom. The van der Waals surface area contributed by atoms with Gasteiger partial charge in [-0.3, -0.25) is 23.2 Å². The molecule has 2 N–H and O–H groups in total. The van der Waals surface area contributed by atoms with E-state index in [0.717, 1.165) is 11.1 Å². The van der Waals surface area contributed by atoms with Gasteiger partial charge in [0.15, 0.2) is 27.0 Å².